The first-order chi connectivity index (χ1) is 10.2. The molecule has 122 valence electrons. The highest BCUT2D eigenvalue weighted by molar-refractivity contribution is 6.31. The van der Waals surface area contributed by atoms with Crippen molar-refractivity contribution in [3.05, 3.63) is 34.3 Å². The second kappa shape index (κ2) is 6.47. The van der Waals surface area contributed by atoms with Gasteiger partial charge >= 0.3 is 6.09 Å². The first kappa shape index (κ1) is 17.1. The number of carbonyl (C=O) groups is 1. The number of halogens is 1. The van der Waals surface area contributed by atoms with Gasteiger partial charge in [0.2, 0.25) is 0 Å². The van der Waals surface area contributed by atoms with Gasteiger partial charge in [-0.3, -0.25) is 0 Å². The van der Waals surface area contributed by atoms with Gasteiger partial charge in [-0.2, -0.15) is 0 Å². The van der Waals surface area contributed by atoms with Crippen molar-refractivity contribution in [3.8, 4) is 0 Å². The fourth-order valence-electron chi connectivity index (χ4n) is 2.47. The van der Waals surface area contributed by atoms with Gasteiger partial charge in [0.1, 0.15) is 5.60 Å². The van der Waals surface area contributed by atoms with Gasteiger partial charge in [0.25, 0.3) is 0 Å². The monoisotopic (exact) mass is 325 g/mol. The van der Waals surface area contributed by atoms with Crippen molar-refractivity contribution in [3.63, 3.8) is 0 Å². The van der Waals surface area contributed by atoms with E-state index in [0.29, 0.717) is 19.5 Å². The summed E-state index contributed by atoms with van der Waals surface area (Å²) in [6.07, 6.45) is -0.192. The molecule has 4 nitrogen and oxygen atoms in total. The summed E-state index contributed by atoms with van der Waals surface area (Å²) in [5, 5.41) is 11.0. The predicted octanol–water partition coefficient (Wildman–Crippen LogP) is 3.42. The van der Waals surface area contributed by atoms with Crippen LogP contribution in [-0.4, -0.2) is 40.9 Å². The van der Waals surface area contributed by atoms with Crippen molar-refractivity contribution >= 4 is 17.7 Å². The summed E-state index contributed by atoms with van der Waals surface area (Å²) < 4.78 is 5.31. The molecule has 1 fully saturated rings. The van der Waals surface area contributed by atoms with E-state index >= 15 is 0 Å². The van der Waals surface area contributed by atoms with Gasteiger partial charge in [0.15, 0.2) is 0 Å². The van der Waals surface area contributed by atoms with Gasteiger partial charge in [-0.1, -0.05) is 23.7 Å². The molecule has 0 bridgehead atoms. The fourth-order valence-corrected chi connectivity index (χ4v) is 2.59. The maximum absolute atomic E-state index is 11.9. The van der Waals surface area contributed by atoms with Gasteiger partial charge in [0, 0.05) is 24.0 Å². The molecule has 0 aromatic heterocycles. The molecule has 22 heavy (non-hydrogen) atoms. The molecule has 1 heterocycles. The third-order valence-corrected chi connectivity index (χ3v) is 4.20. The molecule has 1 unspecified atom stereocenters. The van der Waals surface area contributed by atoms with Crippen LogP contribution in [0.1, 0.15) is 31.9 Å². The molecule has 0 saturated carbocycles. The molecule has 1 N–H and O–H groups in total. The smallest absolute Gasteiger partial charge is 0.410 e. The summed E-state index contributed by atoms with van der Waals surface area (Å²) in [7, 11) is 0. The number of benzene rings is 1. The molecule has 1 atom stereocenters. The molecule has 1 saturated heterocycles. The molecular formula is C17H24ClNO3. The van der Waals surface area contributed by atoms with E-state index in [0.717, 1.165) is 16.1 Å². The number of aliphatic hydroxyl groups excluding tert-OH is 1. The Morgan fingerprint density at radius 3 is 2.64 bits per heavy atom. The second-order valence-corrected chi connectivity index (χ2v) is 7.41. The third kappa shape index (κ3) is 4.37. The van der Waals surface area contributed by atoms with E-state index in [1.165, 1.54) is 0 Å². The third-order valence-electron chi connectivity index (χ3n) is 3.77. The van der Waals surface area contributed by atoms with E-state index in [-0.39, 0.29) is 12.0 Å². The molecule has 0 aliphatic carbocycles. The van der Waals surface area contributed by atoms with Crippen LogP contribution in [0.4, 0.5) is 4.79 Å². The summed E-state index contributed by atoms with van der Waals surface area (Å²) in [6, 6.07) is 5.78. The zero-order chi connectivity index (χ0) is 16.5. The number of carbonyl (C=O) groups excluding carboxylic acids is 1. The van der Waals surface area contributed by atoms with Crippen molar-refractivity contribution in [2.75, 3.05) is 13.1 Å². The maximum Gasteiger partial charge on any atom is 0.410 e. The number of hydrogen-bond donors (Lipinski definition) is 1. The van der Waals surface area contributed by atoms with Gasteiger partial charge in [-0.25, -0.2) is 4.79 Å². The van der Waals surface area contributed by atoms with E-state index in [9.17, 15) is 9.90 Å². The number of nitrogens with zero attached hydrogens (tertiary/aromatic N) is 1. The Labute approximate surface area is 137 Å². The standard InChI is InChI=1S/C17H24ClNO3/c1-11-7-12(5-6-14(11)18)8-15(20)13-9-19(10-13)16(21)22-17(2,3)4/h5-7,13,15,20H,8-10H2,1-4H3. The first-order valence-electron chi connectivity index (χ1n) is 7.57. The van der Waals surface area contributed by atoms with Gasteiger partial charge in [0.05, 0.1) is 6.10 Å². The van der Waals surface area contributed by atoms with Gasteiger partial charge in [-0.05, 0) is 51.3 Å². The maximum atomic E-state index is 11.9. The highest BCUT2D eigenvalue weighted by Gasteiger charge is 2.37. The van der Waals surface area contributed by atoms with E-state index in [4.69, 9.17) is 16.3 Å². The number of likely N-dealkylation sites (tertiary alicyclic amines) is 1. The Morgan fingerprint density at radius 1 is 1.45 bits per heavy atom. The number of ether oxygens (including phenoxy) is 1. The summed E-state index contributed by atoms with van der Waals surface area (Å²) in [5.74, 6) is 0.100. The summed E-state index contributed by atoms with van der Waals surface area (Å²) in [4.78, 5) is 13.5. The summed E-state index contributed by atoms with van der Waals surface area (Å²) in [6.45, 7) is 8.58. The molecule has 2 rings (SSSR count). The molecule has 1 aliphatic rings. The zero-order valence-electron chi connectivity index (χ0n) is 13.6. The van der Waals surface area contributed by atoms with E-state index in [1.807, 2.05) is 45.9 Å². The molecule has 5 heteroatoms. The lowest BCUT2D eigenvalue weighted by Gasteiger charge is -2.42. The number of aliphatic hydroxyl groups is 1. The highest BCUT2D eigenvalue weighted by Crippen LogP contribution is 2.25. The number of amides is 1. The zero-order valence-corrected chi connectivity index (χ0v) is 14.4. The average Bonchev–Trinajstić information content (AvgIpc) is 2.29. The quantitative estimate of drug-likeness (QED) is 0.926. The fraction of sp³-hybridized carbons (Fsp3) is 0.588. The van der Waals surface area contributed by atoms with Crippen molar-refractivity contribution in [2.24, 2.45) is 5.92 Å². The number of rotatable bonds is 3. The number of aryl methyl sites for hydroxylation is 1. The van der Waals surface area contributed by atoms with Crippen LogP contribution in [0.3, 0.4) is 0 Å². The molecule has 1 amide bonds. The highest BCUT2D eigenvalue weighted by atomic mass is 35.5. The summed E-state index contributed by atoms with van der Waals surface area (Å²) in [5.41, 5.74) is 1.59. The minimum atomic E-state index is -0.485. The topological polar surface area (TPSA) is 49.8 Å². The Kier molecular flexibility index (Phi) is 5.03. The minimum absolute atomic E-state index is 0.100. The molecule has 1 aromatic rings. The normalized spacial score (nSPS) is 17.1. The van der Waals surface area contributed by atoms with Gasteiger partial charge in [-0.15, -0.1) is 0 Å². The van der Waals surface area contributed by atoms with Crippen molar-refractivity contribution < 1.29 is 14.6 Å². The minimum Gasteiger partial charge on any atom is -0.444 e. The van der Waals surface area contributed by atoms with E-state index in [1.54, 1.807) is 4.90 Å². The van der Waals surface area contributed by atoms with Crippen LogP contribution >= 0.6 is 11.6 Å². The van der Waals surface area contributed by atoms with Crippen LogP contribution in [0.2, 0.25) is 5.02 Å². The van der Waals surface area contributed by atoms with Crippen LogP contribution < -0.4 is 0 Å². The molecular weight excluding hydrogens is 302 g/mol. The lowest BCUT2D eigenvalue weighted by molar-refractivity contribution is -0.0302. The predicted molar refractivity (Wildman–Crippen MR) is 87.2 cm³/mol. The Hall–Kier alpha value is -1.26. The summed E-state index contributed by atoms with van der Waals surface area (Å²) >= 11 is 6.00. The SMILES string of the molecule is Cc1cc(CC(O)C2CN(C(=O)OC(C)(C)C)C2)ccc1Cl. The van der Waals surface area contributed by atoms with Crippen LogP contribution in [0, 0.1) is 12.8 Å². The van der Waals surface area contributed by atoms with Crippen molar-refractivity contribution in [2.45, 2.75) is 45.8 Å². The molecule has 1 aromatic carbocycles. The average molecular weight is 326 g/mol. The first-order valence-corrected chi connectivity index (χ1v) is 7.94. The Balaban J connectivity index is 1.82. The van der Waals surface area contributed by atoms with Crippen LogP contribution in [-0.2, 0) is 11.2 Å². The molecule has 1 aliphatic heterocycles. The van der Waals surface area contributed by atoms with Crippen LogP contribution in [0.25, 0.3) is 0 Å². The van der Waals surface area contributed by atoms with E-state index in [2.05, 4.69) is 0 Å². The van der Waals surface area contributed by atoms with Crippen molar-refractivity contribution in [1.82, 2.24) is 4.90 Å². The molecule has 0 spiro atoms. The lowest BCUT2D eigenvalue weighted by atomic mass is 9.89. The largest absolute Gasteiger partial charge is 0.444 e. The number of hydrogen-bond acceptors (Lipinski definition) is 3. The van der Waals surface area contributed by atoms with Crippen LogP contribution in [0.5, 0.6) is 0 Å². The second-order valence-electron chi connectivity index (χ2n) is 7.00. The Bertz CT molecular complexity index is 547. The Morgan fingerprint density at radius 2 is 2.09 bits per heavy atom. The van der Waals surface area contributed by atoms with Crippen LogP contribution in [0.15, 0.2) is 18.2 Å². The van der Waals surface area contributed by atoms with E-state index < -0.39 is 11.7 Å². The molecule has 0 radical (unpaired) electrons. The van der Waals surface area contributed by atoms with Gasteiger partial charge < -0.3 is 14.7 Å². The lowest BCUT2D eigenvalue weighted by Crippen LogP contribution is -2.55. The van der Waals surface area contributed by atoms with Crippen molar-refractivity contribution in [1.29, 1.82) is 0 Å².